The molecule has 0 saturated carbocycles. The highest BCUT2D eigenvalue weighted by molar-refractivity contribution is 5.79. The first-order chi connectivity index (χ1) is 5.04. The third-order valence-electron chi connectivity index (χ3n) is 1.09. The lowest BCUT2D eigenvalue weighted by atomic mass is 10.0. The summed E-state index contributed by atoms with van der Waals surface area (Å²) in [7, 11) is 0. The molecule has 11 heavy (non-hydrogen) atoms. The predicted molar refractivity (Wildman–Crippen MR) is 47.9 cm³/mol. The summed E-state index contributed by atoms with van der Waals surface area (Å²) in [4.78, 5) is 10.3. The molecule has 0 aliphatic rings. The Labute approximate surface area is 68.5 Å². The van der Waals surface area contributed by atoms with Gasteiger partial charge in [-0.2, -0.15) is 0 Å². The highest BCUT2D eigenvalue weighted by Crippen LogP contribution is 2.00. The first kappa shape index (κ1) is 12.8. The molecule has 0 aromatic carbocycles. The molecule has 0 aromatic heterocycles. The fourth-order valence-corrected chi connectivity index (χ4v) is 0.624. The Morgan fingerprint density at radius 2 is 1.82 bits per heavy atom. The molecule has 0 radical (unpaired) electrons. The molecule has 0 fully saturated rings. The van der Waals surface area contributed by atoms with Crippen LogP contribution in [-0.2, 0) is 4.79 Å². The minimum atomic E-state index is -0.468. The summed E-state index contributed by atoms with van der Waals surface area (Å²) in [5.74, 6) is 0.0243. The smallest absolute Gasteiger partial charge is 0.234 e. The molecule has 1 amide bonds. The second kappa shape index (κ2) is 7.28. The zero-order valence-electron chi connectivity index (χ0n) is 7.34. The summed E-state index contributed by atoms with van der Waals surface area (Å²) >= 11 is 0. The fourth-order valence-electron chi connectivity index (χ4n) is 0.624. The van der Waals surface area contributed by atoms with Gasteiger partial charge < -0.3 is 11.5 Å². The highest BCUT2D eigenvalue weighted by atomic mass is 16.1. The van der Waals surface area contributed by atoms with E-state index < -0.39 is 11.9 Å². The minimum Gasteiger partial charge on any atom is -0.368 e. The topological polar surface area (TPSA) is 69.1 Å². The third kappa shape index (κ3) is 9.17. The van der Waals surface area contributed by atoms with E-state index in [1.54, 1.807) is 0 Å². The number of rotatable bonds is 3. The van der Waals surface area contributed by atoms with Crippen molar-refractivity contribution in [3.05, 3.63) is 13.2 Å². The molecule has 0 rings (SSSR count). The molecular weight excluding hydrogens is 140 g/mol. The molecule has 0 heterocycles. The van der Waals surface area contributed by atoms with E-state index in [0.717, 1.165) is 0 Å². The first-order valence-corrected chi connectivity index (χ1v) is 3.59. The minimum absolute atomic E-state index is 0.413. The van der Waals surface area contributed by atoms with Crippen molar-refractivity contribution in [2.24, 2.45) is 17.4 Å². The molecule has 0 spiro atoms. The van der Waals surface area contributed by atoms with Crippen LogP contribution >= 0.6 is 0 Å². The molecule has 0 bridgehead atoms. The average Bonchev–Trinajstić information content (AvgIpc) is 1.90. The van der Waals surface area contributed by atoms with Crippen molar-refractivity contribution in [1.29, 1.82) is 0 Å². The van der Waals surface area contributed by atoms with Crippen LogP contribution in [0, 0.1) is 5.92 Å². The summed E-state index contributed by atoms with van der Waals surface area (Å²) in [6, 6.07) is -0.468. The van der Waals surface area contributed by atoms with Crippen molar-refractivity contribution in [2.45, 2.75) is 26.3 Å². The summed E-state index contributed by atoms with van der Waals surface area (Å²) in [6.07, 6.45) is 0.676. The molecule has 0 saturated heterocycles. The second-order valence-electron chi connectivity index (χ2n) is 2.64. The van der Waals surface area contributed by atoms with Crippen molar-refractivity contribution in [3.63, 3.8) is 0 Å². The molecule has 3 heteroatoms. The Bertz CT molecular complexity index is 113. The summed E-state index contributed by atoms with van der Waals surface area (Å²) < 4.78 is 0. The van der Waals surface area contributed by atoms with Crippen molar-refractivity contribution in [3.8, 4) is 0 Å². The number of primary amides is 1. The second-order valence-corrected chi connectivity index (χ2v) is 2.64. The number of carbonyl (C=O) groups is 1. The van der Waals surface area contributed by atoms with E-state index in [-0.39, 0.29) is 0 Å². The van der Waals surface area contributed by atoms with Gasteiger partial charge >= 0.3 is 0 Å². The van der Waals surface area contributed by atoms with Gasteiger partial charge in [0.2, 0.25) is 5.91 Å². The van der Waals surface area contributed by atoms with Gasteiger partial charge in [0.05, 0.1) is 6.04 Å². The van der Waals surface area contributed by atoms with Crippen LogP contribution in [0.1, 0.15) is 20.3 Å². The molecule has 66 valence electrons. The van der Waals surface area contributed by atoms with Crippen molar-refractivity contribution in [1.82, 2.24) is 0 Å². The lowest BCUT2D eigenvalue weighted by molar-refractivity contribution is -0.119. The van der Waals surface area contributed by atoms with E-state index in [9.17, 15) is 4.79 Å². The third-order valence-corrected chi connectivity index (χ3v) is 1.09. The molecule has 4 N–H and O–H groups in total. The van der Waals surface area contributed by atoms with Crippen molar-refractivity contribution < 1.29 is 4.79 Å². The lowest BCUT2D eigenvalue weighted by Crippen LogP contribution is -2.37. The van der Waals surface area contributed by atoms with Crippen LogP contribution in [0.4, 0.5) is 0 Å². The van der Waals surface area contributed by atoms with Gasteiger partial charge in [0, 0.05) is 0 Å². The van der Waals surface area contributed by atoms with Gasteiger partial charge in [-0.1, -0.05) is 13.8 Å². The van der Waals surface area contributed by atoms with Crippen LogP contribution in [0.15, 0.2) is 13.2 Å². The summed E-state index contributed by atoms with van der Waals surface area (Å²) in [5, 5.41) is 0. The zero-order valence-corrected chi connectivity index (χ0v) is 7.34. The SMILES string of the molecule is C=C.CC(C)CC(N)C(N)=O. The summed E-state index contributed by atoms with van der Waals surface area (Å²) in [5.41, 5.74) is 10.3. The standard InChI is InChI=1S/C6H14N2O.C2H4/c1-4(2)3-5(7)6(8)9;1-2/h4-5H,3,7H2,1-2H3,(H2,8,9);1-2H2. The molecule has 1 atom stereocenters. The monoisotopic (exact) mass is 158 g/mol. The van der Waals surface area contributed by atoms with Gasteiger partial charge in [-0.3, -0.25) is 4.79 Å². The van der Waals surface area contributed by atoms with Crippen LogP contribution in [0.2, 0.25) is 0 Å². The number of hydrogen-bond acceptors (Lipinski definition) is 2. The van der Waals surface area contributed by atoms with Gasteiger partial charge in [0.15, 0.2) is 0 Å². The van der Waals surface area contributed by atoms with E-state index in [0.29, 0.717) is 12.3 Å². The Balaban J connectivity index is 0. The van der Waals surface area contributed by atoms with E-state index >= 15 is 0 Å². The van der Waals surface area contributed by atoms with Gasteiger partial charge in [-0.25, -0.2) is 0 Å². The van der Waals surface area contributed by atoms with Crippen LogP contribution in [-0.4, -0.2) is 11.9 Å². The fraction of sp³-hybridized carbons (Fsp3) is 0.625. The largest absolute Gasteiger partial charge is 0.368 e. The molecule has 0 aromatic rings. The van der Waals surface area contributed by atoms with Crippen LogP contribution in [0.25, 0.3) is 0 Å². The van der Waals surface area contributed by atoms with Gasteiger partial charge in [0.25, 0.3) is 0 Å². The molecular formula is C8H18N2O. The van der Waals surface area contributed by atoms with Crippen LogP contribution in [0.5, 0.6) is 0 Å². The van der Waals surface area contributed by atoms with E-state index in [1.165, 1.54) is 0 Å². The molecule has 0 aliphatic heterocycles. The van der Waals surface area contributed by atoms with Gasteiger partial charge in [-0.05, 0) is 12.3 Å². The van der Waals surface area contributed by atoms with Gasteiger partial charge in [-0.15, -0.1) is 13.2 Å². The Hall–Kier alpha value is -0.830. The first-order valence-electron chi connectivity index (χ1n) is 3.59. The van der Waals surface area contributed by atoms with E-state index in [2.05, 4.69) is 13.2 Å². The van der Waals surface area contributed by atoms with E-state index in [1.807, 2.05) is 13.8 Å². The predicted octanol–water partition coefficient (Wildman–Crippen LogP) is 0.647. The zero-order chi connectivity index (χ0) is 9.44. The number of nitrogens with two attached hydrogens (primary N) is 2. The van der Waals surface area contributed by atoms with Gasteiger partial charge in [0.1, 0.15) is 0 Å². The normalized spacial score (nSPS) is 11.6. The van der Waals surface area contributed by atoms with Crippen LogP contribution in [0.3, 0.4) is 0 Å². The number of hydrogen-bond donors (Lipinski definition) is 2. The quantitative estimate of drug-likeness (QED) is 0.592. The maximum atomic E-state index is 10.3. The van der Waals surface area contributed by atoms with Crippen LogP contribution < -0.4 is 11.5 Å². The maximum Gasteiger partial charge on any atom is 0.234 e. The number of carbonyl (C=O) groups excluding carboxylic acids is 1. The molecule has 3 nitrogen and oxygen atoms in total. The Morgan fingerprint density at radius 1 is 1.45 bits per heavy atom. The van der Waals surface area contributed by atoms with Crippen molar-refractivity contribution in [2.75, 3.05) is 0 Å². The molecule has 1 unspecified atom stereocenters. The van der Waals surface area contributed by atoms with E-state index in [4.69, 9.17) is 11.5 Å². The maximum absolute atomic E-state index is 10.3. The average molecular weight is 158 g/mol. The Kier molecular flexibility index (Phi) is 8.48. The Morgan fingerprint density at radius 3 is 1.91 bits per heavy atom. The number of amides is 1. The lowest BCUT2D eigenvalue weighted by Gasteiger charge is -2.08. The summed E-state index contributed by atoms with van der Waals surface area (Å²) in [6.45, 7) is 10.0. The highest BCUT2D eigenvalue weighted by Gasteiger charge is 2.09. The van der Waals surface area contributed by atoms with Crippen molar-refractivity contribution >= 4 is 5.91 Å². The molecule has 0 aliphatic carbocycles.